The summed E-state index contributed by atoms with van der Waals surface area (Å²) in [5, 5.41) is 2.75. The highest BCUT2D eigenvalue weighted by molar-refractivity contribution is 6.30. The first-order chi connectivity index (χ1) is 16.3. The molecule has 0 radical (unpaired) electrons. The summed E-state index contributed by atoms with van der Waals surface area (Å²) in [6.07, 6.45) is 0.900. The smallest absolute Gasteiger partial charge is 0.339 e. The summed E-state index contributed by atoms with van der Waals surface area (Å²) in [5.41, 5.74) is 0.364. The molecular formula is C23H21ClFN3O6. The highest BCUT2D eigenvalue weighted by Crippen LogP contribution is 2.27. The lowest BCUT2D eigenvalue weighted by Gasteiger charge is -2.15. The Morgan fingerprint density at radius 2 is 1.85 bits per heavy atom. The summed E-state index contributed by atoms with van der Waals surface area (Å²) in [5.74, 6) is -1.34. The van der Waals surface area contributed by atoms with E-state index >= 15 is 0 Å². The van der Waals surface area contributed by atoms with E-state index in [1.54, 1.807) is 6.92 Å². The molecule has 178 valence electrons. The van der Waals surface area contributed by atoms with Gasteiger partial charge in [-0.2, -0.15) is 4.98 Å². The molecule has 3 rings (SSSR count). The van der Waals surface area contributed by atoms with E-state index in [4.69, 9.17) is 25.8 Å². The van der Waals surface area contributed by atoms with Gasteiger partial charge in [0.05, 0.1) is 24.8 Å². The molecule has 1 N–H and O–H groups in total. The number of hydrogen-bond donors (Lipinski definition) is 1. The molecule has 0 bridgehead atoms. The fourth-order valence-corrected chi connectivity index (χ4v) is 3.01. The molecule has 0 aliphatic carbocycles. The molecule has 0 aliphatic heterocycles. The first-order valence-corrected chi connectivity index (χ1v) is 10.3. The monoisotopic (exact) mass is 489 g/mol. The summed E-state index contributed by atoms with van der Waals surface area (Å²) in [6.45, 7) is 2.04. The van der Waals surface area contributed by atoms with E-state index in [9.17, 15) is 14.0 Å². The van der Waals surface area contributed by atoms with Crippen LogP contribution in [0, 0.1) is 5.82 Å². The number of carbonyl (C=O) groups excluding carboxylic acids is 2. The molecule has 3 aromatic rings. The SMILES string of the molecule is COCC(C)Oc1cc(C(=O)Nc2ccc(C(=O)OC)cn2)cc(Oc2cc(F)cc(Cl)c2)n1. The Hall–Kier alpha value is -3.76. The van der Waals surface area contributed by atoms with Crippen molar-refractivity contribution in [3.63, 3.8) is 0 Å². The van der Waals surface area contributed by atoms with Gasteiger partial charge in [-0.25, -0.2) is 14.2 Å². The molecule has 0 saturated heterocycles. The van der Waals surface area contributed by atoms with Crippen LogP contribution in [0.4, 0.5) is 10.2 Å². The number of aromatic nitrogens is 2. The number of rotatable bonds is 9. The van der Waals surface area contributed by atoms with Gasteiger partial charge in [0.2, 0.25) is 11.8 Å². The molecular weight excluding hydrogens is 469 g/mol. The average molecular weight is 490 g/mol. The highest BCUT2D eigenvalue weighted by atomic mass is 35.5. The van der Waals surface area contributed by atoms with Gasteiger partial charge in [0, 0.05) is 36.5 Å². The second kappa shape index (κ2) is 11.4. The lowest BCUT2D eigenvalue weighted by atomic mass is 10.2. The molecule has 1 unspecified atom stereocenters. The van der Waals surface area contributed by atoms with Gasteiger partial charge in [0.15, 0.2) is 0 Å². The topological polar surface area (TPSA) is 109 Å². The van der Waals surface area contributed by atoms with Crippen LogP contribution in [-0.2, 0) is 9.47 Å². The molecule has 0 fully saturated rings. The Labute approximate surface area is 199 Å². The van der Waals surface area contributed by atoms with Gasteiger partial charge in [-0.1, -0.05) is 11.6 Å². The van der Waals surface area contributed by atoms with Crippen LogP contribution in [0.15, 0.2) is 48.7 Å². The van der Waals surface area contributed by atoms with Crippen LogP contribution < -0.4 is 14.8 Å². The zero-order chi connectivity index (χ0) is 24.7. The van der Waals surface area contributed by atoms with E-state index in [2.05, 4.69) is 20.0 Å². The first kappa shape index (κ1) is 24.9. The van der Waals surface area contributed by atoms with E-state index < -0.39 is 17.7 Å². The maximum atomic E-state index is 13.7. The molecule has 2 heterocycles. The molecule has 1 atom stereocenters. The third-order valence-corrected chi connectivity index (χ3v) is 4.47. The van der Waals surface area contributed by atoms with Crippen molar-refractivity contribution in [1.29, 1.82) is 0 Å². The predicted molar refractivity (Wildman–Crippen MR) is 121 cm³/mol. The van der Waals surface area contributed by atoms with Gasteiger partial charge in [-0.15, -0.1) is 0 Å². The lowest BCUT2D eigenvalue weighted by Crippen LogP contribution is -2.19. The van der Waals surface area contributed by atoms with E-state index in [-0.39, 0.29) is 52.2 Å². The zero-order valence-corrected chi connectivity index (χ0v) is 19.3. The zero-order valence-electron chi connectivity index (χ0n) is 18.5. The number of nitrogens with one attached hydrogen (secondary N) is 1. The minimum absolute atomic E-state index is 0.0251. The van der Waals surface area contributed by atoms with Gasteiger partial charge in [0.1, 0.15) is 23.5 Å². The Morgan fingerprint density at radius 1 is 1.09 bits per heavy atom. The maximum absolute atomic E-state index is 13.7. The first-order valence-electron chi connectivity index (χ1n) is 9.94. The molecule has 0 spiro atoms. The minimum atomic E-state index is -0.594. The van der Waals surface area contributed by atoms with Crippen molar-refractivity contribution >= 4 is 29.3 Å². The molecule has 1 amide bonds. The van der Waals surface area contributed by atoms with Crippen molar-refractivity contribution in [3.8, 4) is 17.5 Å². The minimum Gasteiger partial charge on any atom is -0.472 e. The number of esters is 1. The molecule has 0 saturated carbocycles. The molecule has 34 heavy (non-hydrogen) atoms. The van der Waals surface area contributed by atoms with Crippen molar-refractivity contribution in [3.05, 3.63) is 70.6 Å². The van der Waals surface area contributed by atoms with Crippen LogP contribution in [-0.4, -0.2) is 48.8 Å². The number of hydrogen-bond acceptors (Lipinski definition) is 8. The molecule has 0 aliphatic rings. The van der Waals surface area contributed by atoms with Gasteiger partial charge >= 0.3 is 5.97 Å². The van der Waals surface area contributed by atoms with E-state index in [1.807, 2.05) is 0 Å². The number of methoxy groups -OCH3 is 2. The molecule has 9 nitrogen and oxygen atoms in total. The normalized spacial score (nSPS) is 11.4. The van der Waals surface area contributed by atoms with Crippen molar-refractivity contribution in [2.45, 2.75) is 13.0 Å². The van der Waals surface area contributed by atoms with Crippen molar-refractivity contribution in [1.82, 2.24) is 9.97 Å². The van der Waals surface area contributed by atoms with Gasteiger partial charge < -0.3 is 24.3 Å². The van der Waals surface area contributed by atoms with Crippen molar-refractivity contribution in [2.75, 3.05) is 26.1 Å². The Kier molecular flexibility index (Phi) is 8.34. The number of pyridine rings is 2. The third-order valence-electron chi connectivity index (χ3n) is 4.25. The van der Waals surface area contributed by atoms with Crippen LogP contribution in [0.5, 0.6) is 17.5 Å². The fraction of sp³-hybridized carbons (Fsp3) is 0.217. The number of nitrogens with zero attached hydrogens (tertiary/aromatic N) is 2. The Morgan fingerprint density at radius 3 is 2.50 bits per heavy atom. The largest absolute Gasteiger partial charge is 0.472 e. The second-order valence-electron chi connectivity index (χ2n) is 7.00. The van der Waals surface area contributed by atoms with Crippen molar-refractivity contribution < 1.29 is 32.9 Å². The van der Waals surface area contributed by atoms with E-state index in [0.29, 0.717) is 0 Å². The quantitative estimate of drug-likeness (QED) is 0.437. The lowest BCUT2D eigenvalue weighted by molar-refractivity contribution is 0.0600. The standard InChI is InChI=1S/C23H21ClFN3O6/c1-13(12-31-2)33-20-6-15(7-21(28-20)34-18-9-16(24)8-17(25)10-18)22(29)27-19-5-4-14(11-26-19)23(30)32-3/h4-11,13H,12H2,1-3H3,(H,26,27,29). The van der Waals surface area contributed by atoms with Crippen LogP contribution in [0.1, 0.15) is 27.6 Å². The number of benzene rings is 1. The summed E-state index contributed by atoms with van der Waals surface area (Å²) in [7, 11) is 2.78. The van der Waals surface area contributed by atoms with E-state index in [0.717, 1.165) is 12.1 Å². The van der Waals surface area contributed by atoms with Crippen LogP contribution >= 0.6 is 11.6 Å². The Bertz CT molecular complexity index is 1160. The van der Waals surface area contributed by atoms with Crippen LogP contribution in [0.3, 0.4) is 0 Å². The number of anilines is 1. The second-order valence-corrected chi connectivity index (χ2v) is 7.44. The number of amides is 1. The molecule has 1 aromatic carbocycles. The van der Waals surface area contributed by atoms with Crippen LogP contribution in [0.2, 0.25) is 5.02 Å². The summed E-state index contributed by atoms with van der Waals surface area (Å²) >= 11 is 5.88. The number of ether oxygens (including phenoxy) is 4. The van der Waals surface area contributed by atoms with Gasteiger partial charge in [-0.05, 0) is 31.2 Å². The third kappa shape index (κ3) is 6.87. The van der Waals surface area contributed by atoms with Crippen molar-refractivity contribution in [2.24, 2.45) is 0 Å². The Balaban J connectivity index is 1.87. The molecule has 2 aromatic heterocycles. The maximum Gasteiger partial charge on any atom is 0.339 e. The summed E-state index contributed by atoms with van der Waals surface area (Å²) in [6, 6.07) is 9.34. The average Bonchev–Trinajstić information content (AvgIpc) is 2.78. The van der Waals surface area contributed by atoms with Crippen LogP contribution in [0.25, 0.3) is 0 Å². The number of carbonyl (C=O) groups is 2. The summed E-state index contributed by atoms with van der Waals surface area (Å²) in [4.78, 5) is 32.7. The summed E-state index contributed by atoms with van der Waals surface area (Å²) < 4.78 is 34.7. The van der Waals surface area contributed by atoms with Gasteiger partial charge in [-0.3, -0.25) is 4.79 Å². The fourth-order valence-electron chi connectivity index (χ4n) is 2.80. The highest BCUT2D eigenvalue weighted by Gasteiger charge is 2.16. The van der Waals surface area contributed by atoms with E-state index in [1.165, 1.54) is 50.7 Å². The molecule has 11 heteroatoms. The predicted octanol–water partition coefficient (Wildman–Crippen LogP) is 4.51. The number of halogens is 2. The van der Waals surface area contributed by atoms with Gasteiger partial charge in [0.25, 0.3) is 5.91 Å².